The van der Waals surface area contributed by atoms with Crippen LogP contribution in [0, 0.1) is 0 Å². The molecule has 2 aromatic carbocycles. The fraction of sp³-hybridized carbons (Fsp3) is 0.118. The lowest BCUT2D eigenvalue weighted by molar-refractivity contribution is 0.0359. The van der Waals surface area contributed by atoms with Crippen LogP contribution in [0.25, 0.3) is 6.08 Å². The highest BCUT2D eigenvalue weighted by Crippen LogP contribution is 2.21. The molecule has 0 saturated carbocycles. The van der Waals surface area contributed by atoms with E-state index >= 15 is 0 Å². The second-order valence-electron chi connectivity index (χ2n) is 4.57. The van der Waals surface area contributed by atoms with Crippen molar-refractivity contribution in [3.63, 3.8) is 0 Å². The van der Waals surface area contributed by atoms with Gasteiger partial charge in [0.15, 0.2) is 0 Å². The molecule has 3 rings (SSSR count). The Morgan fingerprint density at radius 2 is 1.74 bits per heavy atom. The Hall–Kier alpha value is -2.35. The molecule has 19 heavy (non-hydrogen) atoms. The number of hydrogen-bond acceptors (Lipinski definition) is 2. The van der Waals surface area contributed by atoms with Crippen LogP contribution in [0.5, 0.6) is 0 Å². The van der Waals surface area contributed by atoms with Crippen molar-refractivity contribution in [2.45, 2.75) is 12.5 Å². The standard InChI is InChI=1S/C17H14O2/c18-17-16-9-5-4-8-14(16)12-15(19-17)11-10-13-6-2-1-3-7-13/h1-11,15H,12H2/b11-10+. The first-order valence-corrected chi connectivity index (χ1v) is 6.35. The van der Waals surface area contributed by atoms with Gasteiger partial charge in [0.1, 0.15) is 6.10 Å². The number of carbonyl (C=O) groups is 1. The van der Waals surface area contributed by atoms with Crippen LogP contribution in [-0.4, -0.2) is 12.1 Å². The van der Waals surface area contributed by atoms with E-state index in [1.165, 1.54) is 0 Å². The highest BCUT2D eigenvalue weighted by molar-refractivity contribution is 5.92. The molecule has 1 aliphatic rings. The van der Waals surface area contributed by atoms with Crippen LogP contribution in [0.2, 0.25) is 0 Å². The molecule has 0 fully saturated rings. The summed E-state index contributed by atoms with van der Waals surface area (Å²) in [6.45, 7) is 0. The van der Waals surface area contributed by atoms with Crippen molar-refractivity contribution < 1.29 is 9.53 Å². The molecule has 0 bridgehead atoms. The third kappa shape index (κ3) is 2.58. The number of rotatable bonds is 2. The molecular weight excluding hydrogens is 236 g/mol. The van der Waals surface area contributed by atoms with E-state index in [9.17, 15) is 4.79 Å². The van der Waals surface area contributed by atoms with Gasteiger partial charge in [0, 0.05) is 6.42 Å². The van der Waals surface area contributed by atoms with Gasteiger partial charge in [-0.25, -0.2) is 4.79 Å². The third-order valence-electron chi connectivity index (χ3n) is 3.22. The van der Waals surface area contributed by atoms with E-state index in [0.717, 1.165) is 17.5 Å². The van der Waals surface area contributed by atoms with Gasteiger partial charge < -0.3 is 4.74 Å². The number of ether oxygens (including phenoxy) is 1. The van der Waals surface area contributed by atoms with E-state index in [2.05, 4.69) is 0 Å². The maximum Gasteiger partial charge on any atom is 0.339 e. The molecule has 0 N–H and O–H groups in total. The lowest BCUT2D eigenvalue weighted by atomic mass is 9.98. The first-order valence-electron chi connectivity index (χ1n) is 6.35. The average molecular weight is 250 g/mol. The zero-order valence-corrected chi connectivity index (χ0v) is 10.5. The summed E-state index contributed by atoms with van der Waals surface area (Å²) >= 11 is 0. The van der Waals surface area contributed by atoms with Crippen molar-refractivity contribution in [3.8, 4) is 0 Å². The summed E-state index contributed by atoms with van der Waals surface area (Å²) in [5.41, 5.74) is 2.85. The summed E-state index contributed by atoms with van der Waals surface area (Å²) in [6, 6.07) is 17.6. The second-order valence-corrected chi connectivity index (χ2v) is 4.57. The van der Waals surface area contributed by atoms with Gasteiger partial charge >= 0.3 is 5.97 Å². The van der Waals surface area contributed by atoms with Gasteiger partial charge in [-0.15, -0.1) is 0 Å². The van der Waals surface area contributed by atoms with E-state index in [4.69, 9.17) is 4.74 Å². The first kappa shape index (κ1) is 11.7. The van der Waals surface area contributed by atoms with Gasteiger partial charge in [0.25, 0.3) is 0 Å². The predicted octanol–water partition coefficient (Wildman–Crippen LogP) is 3.48. The van der Waals surface area contributed by atoms with Gasteiger partial charge in [0.05, 0.1) is 5.56 Å². The largest absolute Gasteiger partial charge is 0.454 e. The zero-order valence-electron chi connectivity index (χ0n) is 10.5. The van der Waals surface area contributed by atoms with E-state index in [1.807, 2.05) is 66.7 Å². The molecule has 2 aromatic rings. The summed E-state index contributed by atoms with van der Waals surface area (Å²) in [4.78, 5) is 11.9. The van der Waals surface area contributed by atoms with Crippen LogP contribution < -0.4 is 0 Å². The smallest absolute Gasteiger partial charge is 0.339 e. The number of fused-ring (bicyclic) bond motifs is 1. The van der Waals surface area contributed by atoms with Crippen molar-refractivity contribution >= 4 is 12.0 Å². The van der Waals surface area contributed by atoms with Crippen molar-refractivity contribution in [1.29, 1.82) is 0 Å². The number of esters is 1. The van der Waals surface area contributed by atoms with E-state index in [-0.39, 0.29) is 12.1 Å². The Bertz CT molecular complexity index is 614. The first-order chi connectivity index (χ1) is 9.33. The Morgan fingerprint density at radius 1 is 1.00 bits per heavy atom. The normalized spacial score (nSPS) is 18.1. The van der Waals surface area contributed by atoms with Crippen molar-refractivity contribution in [2.75, 3.05) is 0 Å². The Morgan fingerprint density at radius 3 is 2.58 bits per heavy atom. The number of benzene rings is 2. The Kier molecular flexibility index (Phi) is 3.15. The highest BCUT2D eigenvalue weighted by atomic mass is 16.5. The van der Waals surface area contributed by atoms with E-state index < -0.39 is 0 Å². The molecule has 1 aliphatic heterocycles. The topological polar surface area (TPSA) is 26.3 Å². The maximum atomic E-state index is 11.9. The molecule has 0 aliphatic carbocycles. The summed E-state index contributed by atoms with van der Waals surface area (Å²) in [5.74, 6) is -0.232. The Balaban J connectivity index is 1.79. The molecule has 0 amide bonds. The predicted molar refractivity (Wildman–Crippen MR) is 74.8 cm³/mol. The fourth-order valence-electron chi connectivity index (χ4n) is 2.25. The molecule has 0 spiro atoms. The molecule has 1 unspecified atom stereocenters. The average Bonchev–Trinajstić information content (AvgIpc) is 2.46. The zero-order chi connectivity index (χ0) is 13.1. The summed E-state index contributed by atoms with van der Waals surface area (Å²) in [5, 5.41) is 0. The lowest BCUT2D eigenvalue weighted by Crippen LogP contribution is -2.25. The molecule has 1 heterocycles. The second kappa shape index (κ2) is 5.11. The van der Waals surface area contributed by atoms with Crippen LogP contribution in [0.3, 0.4) is 0 Å². The van der Waals surface area contributed by atoms with E-state index in [1.54, 1.807) is 0 Å². The maximum absolute atomic E-state index is 11.9. The van der Waals surface area contributed by atoms with Crippen LogP contribution in [-0.2, 0) is 11.2 Å². The van der Waals surface area contributed by atoms with Gasteiger partial charge in [-0.05, 0) is 23.3 Å². The van der Waals surface area contributed by atoms with Crippen molar-refractivity contribution in [3.05, 3.63) is 77.4 Å². The molecule has 1 atom stereocenters. The minimum atomic E-state index is -0.232. The van der Waals surface area contributed by atoms with Gasteiger partial charge in [-0.2, -0.15) is 0 Å². The van der Waals surface area contributed by atoms with Crippen LogP contribution >= 0.6 is 0 Å². The van der Waals surface area contributed by atoms with Crippen LogP contribution in [0.15, 0.2) is 60.7 Å². The fourth-order valence-corrected chi connectivity index (χ4v) is 2.25. The Labute approximate surface area is 112 Å². The van der Waals surface area contributed by atoms with Crippen molar-refractivity contribution in [1.82, 2.24) is 0 Å². The molecule has 0 aromatic heterocycles. The summed E-state index contributed by atoms with van der Waals surface area (Å²) in [7, 11) is 0. The number of cyclic esters (lactones) is 1. The minimum Gasteiger partial charge on any atom is -0.454 e. The molecule has 2 nitrogen and oxygen atoms in total. The van der Waals surface area contributed by atoms with Gasteiger partial charge in [-0.1, -0.05) is 54.6 Å². The van der Waals surface area contributed by atoms with Crippen LogP contribution in [0.1, 0.15) is 21.5 Å². The molecule has 0 radical (unpaired) electrons. The molecular formula is C17H14O2. The monoisotopic (exact) mass is 250 g/mol. The quantitative estimate of drug-likeness (QED) is 0.763. The van der Waals surface area contributed by atoms with Crippen LogP contribution in [0.4, 0.5) is 0 Å². The number of carbonyl (C=O) groups excluding carboxylic acids is 1. The van der Waals surface area contributed by atoms with E-state index in [0.29, 0.717) is 5.56 Å². The SMILES string of the molecule is O=C1OC(/C=C/c2ccccc2)Cc2ccccc21. The number of hydrogen-bond donors (Lipinski definition) is 0. The minimum absolute atomic E-state index is 0.178. The molecule has 94 valence electrons. The lowest BCUT2D eigenvalue weighted by Gasteiger charge is -2.22. The molecule has 2 heteroatoms. The van der Waals surface area contributed by atoms with Crippen molar-refractivity contribution in [2.24, 2.45) is 0 Å². The summed E-state index contributed by atoms with van der Waals surface area (Å²) < 4.78 is 5.41. The molecule has 0 saturated heterocycles. The van der Waals surface area contributed by atoms with Gasteiger partial charge in [0.2, 0.25) is 0 Å². The van der Waals surface area contributed by atoms with Gasteiger partial charge in [-0.3, -0.25) is 0 Å². The third-order valence-corrected chi connectivity index (χ3v) is 3.22. The highest BCUT2D eigenvalue weighted by Gasteiger charge is 2.23. The summed E-state index contributed by atoms with van der Waals surface area (Å²) in [6.07, 6.45) is 4.50.